The fraction of sp³-hybridized carbons (Fsp3) is 0.200. The third kappa shape index (κ3) is 7.22. The van der Waals surface area contributed by atoms with Gasteiger partial charge in [0, 0.05) is 73.3 Å². The zero-order valence-corrected chi connectivity index (χ0v) is 34.3. The van der Waals surface area contributed by atoms with Crippen molar-refractivity contribution in [1.29, 1.82) is 0 Å². The van der Waals surface area contributed by atoms with Gasteiger partial charge in [-0.05, 0) is 94.3 Å². The molecule has 0 amide bonds. The average molecular weight is 818 g/mol. The van der Waals surface area contributed by atoms with Crippen LogP contribution >= 0.6 is 0 Å². The van der Waals surface area contributed by atoms with Crippen LogP contribution in [0.2, 0.25) is 0 Å². The van der Waals surface area contributed by atoms with Crippen LogP contribution in [-0.4, -0.2) is 85.5 Å². The van der Waals surface area contributed by atoms with Gasteiger partial charge in [0.2, 0.25) is 0 Å². The molecule has 282 valence electrons. The van der Waals surface area contributed by atoms with Gasteiger partial charge in [0.1, 0.15) is 23.0 Å². The zero-order valence-electron chi connectivity index (χ0n) is 31.3. The number of benzene rings is 4. The maximum Gasteiger partial charge on any atom is 2.00 e. The molecule has 0 atom stereocenters. The first-order valence-corrected chi connectivity index (χ1v) is 17.3. The van der Waals surface area contributed by atoms with E-state index in [0.29, 0.717) is 102 Å². The Morgan fingerprint density at radius 2 is 0.684 bits per heavy atom. The Hall–Kier alpha value is -6.10. The van der Waals surface area contributed by atoms with E-state index in [1.807, 2.05) is 72.8 Å². The van der Waals surface area contributed by atoms with Crippen LogP contribution in [0.5, 0.6) is 23.0 Å². The first kappa shape index (κ1) is 37.8. The van der Waals surface area contributed by atoms with Gasteiger partial charge >= 0.3 is 19.5 Å². The van der Waals surface area contributed by atoms with Crippen molar-refractivity contribution >= 4 is 44.1 Å². The predicted octanol–water partition coefficient (Wildman–Crippen LogP) is 6.06. The van der Waals surface area contributed by atoms with Crippen molar-refractivity contribution in [1.82, 2.24) is 39.9 Å². The second kappa shape index (κ2) is 16.2. The van der Waals surface area contributed by atoms with E-state index in [1.165, 1.54) is 0 Å². The van der Waals surface area contributed by atoms with Crippen LogP contribution in [0.1, 0.15) is 0 Å². The van der Waals surface area contributed by atoms with E-state index < -0.39 is 0 Å². The summed E-state index contributed by atoms with van der Waals surface area (Å²) in [5, 5.41) is 2.79. The van der Waals surface area contributed by atoms with Crippen LogP contribution < -0.4 is 28.9 Å². The molecule has 0 radical (unpaired) electrons. The summed E-state index contributed by atoms with van der Waals surface area (Å²) in [5.74, 6) is 3.75. The first-order chi connectivity index (χ1) is 27.5. The number of rotatable bonds is 12. The van der Waals surface area contributed by atoms with Crippen LogP contribution in [0.15, 0.2) is 72.8 Å². The molecule has 4 aromatic carbocycles. The van der Waals surface area contributed by atoms with Gasteiger partial charge in [-0.3, -0.25) is 0 Å². The zero-order chi connectivity index (χ0) is 38.2. The molecule has 7 aromatic rings. The molecule has 0 N–H and O–H groups in total. The minimum absolute atomic E-state index is 0. The Kier molecular flexibility index (Phi) is 10.7. The number of methoxy groups -OCH3 is 4. The molecule has 0 saturated carbocycles. The summed E-state index contributed by atoms with van der Waals surface area (Å²) in [6, 6.07) is 22.2. The minimum atomic E-state index is 0. The monoisotopic (exact) mass is 816 g/mol. The molecule has 16 nitrogen and oxygen atoms in total. The molecule has 2 aliphatic heterocycles. The summed E-state index contributed by atoms with van der Waals surface area (Å²) in [5.41, 5.74) is 4.29. The van der Waals surface area contributed by atoms with Gasteiger partial charge in [-0.1, -0.05) is 0 Å². The molecule has 9 rings (SSSR count). The number of ether oxygens (including phenoxy) is 8. The number of aromatic nitrogens is 8. The second-order valence-corrected chi connectivity index (χ2v) is 12.5. The molecule has 0 fully saturated rings. The van der Waals surface area contributed by atoms with Crippen molar-refractivity contribution in [3.63, 3.8) is 0 Å². The van der Waals surface area contributed by atoms with Crippen LogP contribution in [0.25, 0.3) is 89.7 Å². The molecular weight excluding hydrogens is 786 g/mol. The molecule has 2 aliphatic rings. The minimum Gasteiger partial charge on any atom is -0.468 e. The third-order valence-electron chi connectivity index (χ3n) is 8.96. The number of hydrogen-bond acceptors (Lipinski definition) is 14. The maximum atomic E-state index is 5.81. The van der Waals surface area contributed by atoms with E-state index in [4.69, 9.17) is 77.8 Å². The van der Waals surface area contributed by atoms with Gasteiger partial charge in [-0.25, -0.2) is 9.97 Å². The molecule has 17 heteroatoms. The standard InChI is InChI=1S/C40H32N8O8.Zn/c1-49-17-53-21-5-9-25-29(13-21)37-42-33(25)41-34-26-10-6-22(54-18-50-2)14-30(26)38(43-34)45-36-28-12-8-24(56-20-52-4)16-32(28)40(47-36)48-39-31-15-23(55-19-51-3)7-11-27(31)35(44-37)46-39;/h5-16H,17-20H2,1-4H3;/q-2;+2. The molecule has 0 saturated heterocycles. The Balaban J connectivity index is 0.00000455. The molecule has 5 heterocycles. The van der Waals surface area contributed by atoms with E-state index in [9.17, 15) is 0 Å². The average Bonchev–Trinajstić information content (AvgIpc) is 3.95. The van der Waals surface area contributed by atoms with Crippen LogP contribution in [0, 0.1) is 0 Å². The maximum absolute atomic E-state index is 5.81. The van der Waals surface area contributed by atoms with Gasteiger partial charge < -0.3 is 67.8 Å². The summed E-state index contributed by atoms with van der Waals surface area (Å²) in [7, 11) is 6.24. The van der Waals surface area contributed by atoms with E-state index in [2.05, 4.69) is 0 Å². The van der Waals surface area contributed by atoms with E-state index in [-0.39, 0.29) is 46.6 Å². The fourth-order valence-electron chi connectivity index (χ4n) is 6.45. The predicted molar refractivity (Wildman–Crippen MR) is 204 cm³/mol. The third-order valence-corrected chi connectivity index (χ3v) is 8.96. The van der Waals surface area contributed by atoms with Gasteiger partial charge in [0.05, 0.1) is 23.3 Å². The van der Waals surface area contributed by atoms with Crippen molar-refractivity contribution in [2.45, 2.75) is 0 Å². The van der Waals surface area contributed by atoms with Gasteiger partial charge in [-0.2, -0.15) is 0 Å². The summed E-state index contributed by atoms with van der Waals surface area (Å²) in [4.78, 5) is 39.9. The molecule has 0 unspecified atom stereocenters. The molecule has 57 heavy (non-hydrogen) atoms. The summed E-state index contributed by atoms with van der Waals surface area (Å²) in [6.45, 7) is 0.245. The summed E-state index contributed by atoms with van der Waals surface area (Å²) >= 11 is 0. The SMILES string of the molecule is COCOc1ccc2c(c1)-c1nc-2nc2[n-]c(nc3nc(nc4[n-]c(n1)c1ccc(OCOC)cc41)-c1cc(OCOC)ccc1-3)c1cc(OCOC)ccc21.[Zn+2]. The topological polar surface area (TPSA) is 179 Å². The summed E-state index contributed by atoms with van der Waals surface area (Å²) in [6.07, 6.45) is 0. The smallest absolute Gasteiger partial charge is 0.468 e. The molecular formula is C40H32N8O8Zn. The number of nitrogens with zero attached hydrogens (tertiary/aromatic N) is 8. The van der Waals surface area contributed by atoms with Crippen molar-refractivity contribution < 1.29 is 57.4 Å². The fourth-order valence-corrected chi connectivity index (χ4v) is 6.45. The normalized spacial score (nSPS) is 11.6. The largest absolute Gasteiger partial charge is 2.00 e. The quantitative estimate of drug-likeness (QED) is 0.103. The van der Waals surface area contributed by atoms with Crippen LogP contribution in [0.4, 0.5) is 0 Å². The Morgan fingerprint density at radius 3 is 1.05 bits per heavy atom. The second-order valence-electron chi connectivity index (χ2n) is 12.5. The van der Waals surface area contributed by atoms with Gasteiger partial charge in [-0.15, -0.1) is 0 Å². The van der Waals surface area contributed by atoms with E-state index in [0.717, 1.165) is 10.9 Å². The summed E-state index contributed by atoms with van der Waals surface area (Å²) < 4.78 is 43.9. The van der Waals surface area contributed by atoms with Crippen LogP contribution in [0.3, 0.4) is 0 Å². The van der Waals surface area contributed by atoms with Gasteiger partial charge in [0.15, 0.2) is 27.2 Å². The Bertz CT molecular complexity index is 2810. The Labute approximate surface area is 337 Å². The number of fused-ring (bicyclic) bond motifs is 20. The molecule has 3 aromatic heterocycles. The van der Waals surface area contributed by atoms with Gasteiger partial charge in [0.25, 0.3) is 0 Å². The van der Waals surface area contributed by atoms with E-state index in [1.54, 1.807) is 28.4 Å². The van der Waals surface area contributed by atoms with Crippen molar-refractivity contribution in [3.05, 3.63) is 72.8 Å². The number of hydrogen-bond donors (Lipinski definition) is 0. The van der Waals surface area contributed by atoms with Crippen molar-refractivity contribution in [2.24, 2.45) is 0 Å². The van der Waals surface area contributed by atoms with Crippen molar-refractivity contribution in [2.75, 3.05) is 55.6 Å². The van der Waals surface area contributed by atoms with E-state index >= 15 is 0 Å². The molecule has 0 spiro atoms. The van der Waals surface area contributed by atoms with Crippen LogP contribution in [-0.2, 0) is 38.4 Å². The molecule has 8 bridgehead atoms. The first-order valence-electron chi connectivity index (χ1n) is 17.3. The molecule has 0 aliphatic carbocycles. The Morgan fingerprint density at radius 1 is 0.368 bits per heavy atom. The van der Waals surface area contributed by atoms with Crippen molar-refractivity contribution in [3.8, 4) is 68.5 Å².